The molecule has 0 spiro atoms. The van der Waals surface area contributed by atoms with E-state index in [1.807, 2.05) is 25.1 Å². The summed E-state index contributed by atoms with van der Waals surface area (Å²) in [6.07, 6.45) is -2.26. The van der Waals surface area contributed by atoms with Crippen molar-refractivity contribution < 1.29 is 27.4 Å². The Morgan fingerprint density at radius 2 is 1.83 bits per heavy atom. The van der Waals surface area contributed by atoms with Crippen LogP contribution in [0.2, 0.25) is 0 Å². The van der Waals surface area contributed by atoms with E-state index in [1.165, 1.54) is 12.1 Å². The number of ether oxygens (including phenoxy) is 2. The van der Waals surface area contributed by atoms with Crippen LogP contribution in [0.3, 0.4) is 0 Å². The van der Waals surface area contributed by atoms with Crippen molar-refractivity contribution in [2.24, 2.45) is 5.92 Å². The van der Waals surface area contributed by atoms with Gasteiger partial charge in [-0.1, -0.05) is 6.92 Å². The van der Waals surface area contributed by atoms with Crippen molar-refractivity contribution in [2.45, 2.75) is 37.8 Å². The molecule has 0 heterocycles. The molecule has 0 amide bonds. The summed E-state index contributed by atoms with van der Waals surface area (Å²) in [6, 6.07) is 10.6. The molecule has 7 heteroatoms. The van der Waals surface area contributed by atoms with E-state index in [0.29, 0.717) is 24.5 Å². The Bertz CT molecular complexity index is 776. The fraction of sp³-hybridized carbons (Fsp3) is 0.409. The quantitative estimate of drug-likeness (QED) is 0.318. The van der Waals surface area contributed by atoms with Crippen molar-refractivity contribution in [3.8, 4) is 11.5 Å². The summed E-state index contributed by atoms with van der Waals surface area (Å²) in [4.78, 5) is 12.1. The molecular weight excluding hydrogens is 401 g/mol. The van der Waals surface area contributed by atoms with Gasteiger partial charge in [0.15, 0.2) is 0 Å². The van der Waals surface area contributed by atoms with E-state index >= 15 is 0 Å². The van der Waals surface area contributed by atoms with Gasteiger partial charge in [-0.2, -0.15) is 13.2 Å². The molecule has 0 aliphatic heterocycles. The molecule has 0 bridgehead atoms. The van der Waals surface area contributed by atoms with Gasteiger partial charge in [0, 0.05) is 23.0 Å². The molecule has 158 valence electrons. The van der Waals surface area contributed by atoms with Crippen molar-refractivity contribution >= 4 is 18.0 Å². The Morgan fingerprint density at radius 3 is 2.41 bits per heavy atom. The molecule has 0 saturated carbocycles. The molecule has 1 unspecified atom stereocenters. The highest BCUT2D eigenvalue weighted by Crippen LogP contribution is 2.31. The lowest BCUT2D eigenvalue weighted by atomic mass is 10.1. The van der Waals surface area contributed by atoms with Crippen LogP contribution in [-0.4, -0.2) is 25.3 Å². The van der Waals surface area contributed by atoms with Crippen LogP contribution in [0.5, 0.6) is 11.5 Å². The van der Waals surface area contributed by atoms with E-state index in [1.54, 1.807) is 11.8 Å². The van der Waals surface area contributed by atoms with Gasteiger partial charge < -0.3 is 14.3 Å². The standard InChI is InChI=1S/C22H25F3O3S/c1-3-12-27-21-9-8-20(13-16(21)2)29-15-17(10-11-26)14-28-19-6-4-18(5-7-19)22(23,24)25/h4-9,11,13,17H,3,10,12,14-15H2,1-2H3. The second-order valence-corrected chi connectivity index (χ2v) is 7.78. The molecule has 0 radical (unpaired) electrons. The lowest BCUT2D eigenvalue weighted by Gasteiger charge is -2.16. The van der Waals surface area contributed by atoms with Crippen molar-refractivity contribution in [1.29, 1.82) is 0 Å². The van der Waals surface area contributed by atoms with Gasteiger partial charge >= 0.3 is 6.18 Å². The molecule has 29 heavy (non-hydrogen) atoms. The van der Waals surface area contributed by atoms with Crippen LogP contribution in [0.1, 0.15) is 30.9 Å². The Hall–Kier alpha value is -2.15. The van der Waals surface area contributed by atoms with E-state index < -0.39 is 11.7 Å². The first-order valence-corrected chi connectivity index (χ1v) is 10.4. The summed E-state index contributed by atoms with van der Waals surface area (Å²) in [5.74, 6) is 1.84. The van der Waals surface area contributed by atoms with Gasteiger partial charge in [0.1, 0.15) is 17.8 Å². The Morgan fingerprint density at radius 1 is 1.10 bits per heavy atom. The Labute approximate surface area is 173 Å². The molecular formula is C22H25F3O3S. The maximum atomic E-state index is 12.6. The first kappa shape index (κ1) is 23.1. The fourth-order valence-corrected chi connectivity index (χ4v) is 3.66. The van der Waals surface area contributed by atoms with Crippen molar-refractivity contribution in [3.05, 3.63) is 53.6 Å². The summed E-state index contributed by atoms with van der Waals surface area (Å²) in [7, 11) is 0. The molecule has 0 aromatic heterocycles. The Balaban J connectivity index is 1.89. The molecule has 0 fully saturated rings. The molecule has 0 N–H and O–H groups in total. The normalized spacial score (nSPS) is 12.4. The number of alkyl halides is 3. The second kappa shape index (κ2) is 11.1. The monoisotopic (exact) mass is 426 g/mol. The minimum atomic E-state index is -4.37. The van der Waals surface area contributed by atoms with E-state index in [9.17, 15) is 18.0 Å². The van der Waals surface area contributed by atoms with Crippen LogP contribution in [0, 0.1) is 12.8 Å². The number of benzene rings is 2. The number of carbonyl (C=O) groups excluding carboxylic acids is 1. The highest BCUT2D eigenvalue weighted by atomic mass is 32.2. The van der Waals surface area contributed by atoms with Crippen LogP contribution in [-0.2, 0) is 11.0 Å². The largest absolute Gasteiger partial charge is 0.493 e. The zero-order valence-corrected chi connectivity index (χ0v) is 17.3. The number of aldehydes is 1. The summed E-state index contributed by atoms with van der Waals surface area (Å²) >= 11 is 1.61. The highest BCUT2D eigenvalue weighted by Gasteiger charge is 2.30. The van der Waals surface area contributed by atoms with Crippen LogP contribution >= 0.6 is 11.8 Å². The van der Waals surface area contributed by atoms with E-state index in [4.69, 9.17) is 9.47 Å². The zero-order chi connectivity index (χ0) is 21.3. The topological polar surface area (TPSA) is 35.5 Å². The van der Waals surface area contributed by atoms with Crippen LogP contribution in [0.15, 0.2) is 47.4 Å². The minimum Gasteiger partial charge on any atom is -0.493 e. The zero-order valence-electron chi connectivity index (χ0n) is 16.5. The number of hydrogen-bond acceptors (Lipinski definition) is 4. The average molecular weight is 426 g/mol. The van der Waals surface area contributed by atoms with Gasteiger partial charge in [-0.25, -0.2) is 0 Å². The number of rotatable bonds is 11. The summed E-state index contributed by atoms with van der Waals surface area (Å²) in [5.41, 5.74) is 0.336. The molecule has 2 rings (SSSR count). The SMILES string of the molecule is CCCOc1ccc(SCC(CC=O)COc2ccc(C(F)(F)F)cc2)cc1C. The predicted molar refractivity (Wildman–Crippen MR) is 109 cm³/mol. The number of thioether (sulfide) groups is 1. The summed E-state index contributed by atoms with van der Waals surface area (Å²) in [6.45, 7) is 4.98. The van der Waals surface area contributed by atoms with Crippen molar-refractivity contribution in [2.75, 3.05) is 19.0 Å². The van der Waals surface area contributed by atoms with E-state index in [0.717, 1.165) is 41.0 Å². The molecule has 2 aromatic carbocycles. The van der Waals surface area contributed by atoms with Crippen molar-refractivity contribution in [1.82, 2.24) is 0 Å². The molecule has 0 aliphatic carbocycles. The third-order valence-electron chi connectivity index (χ3n) is 4.19. The lowest BCUT2D eigenvalue weighted by Crippen LogP contribution is -2.15. The van der Waals surface area contributed by atoms with Crippen molar-refractivity contribution in [3.63, 3.8) is 0 Å². The number of halogens is 3. The summed E-state index contributed by atoms with van der Waals surface area (Å²) in [5, 5.41) is 0. The van der Waals surface area contributed by atoms with E-state index in [2.05, 4.69) is 6.92 Å². The lowest BCUT2D eigenvalue weighted by molar-refractivity contribution is -0.137. The van der Waals surface area contributed by atoms with Gasteiger partial charge in [0.05, 0.1) is 18.8 Å². The number of aryl methyl sites for hydroxylation is 1. The first-order chi connectivity index (χ1) is 13.8. The third-order valence-corrected chi connectivity index (χ3v) is 5.42. The van der Waals surface area contributed by atoms with Gasteiger partial charge in [0.25, 0.3) is 0 Å². The van der Waals surface area contributed by atoms with E-state index in [-0.39, 0.29) is 12.5 Å². The Kier molecular flexibility index (Phi) is 8.89. The smallest absolute Gasteiger partial charge is 0.416 e. The maximum Gasteiger partial charge on any atom is 0.416 e. The molecule has 0 aliphatic rings. The first-order valence-electron chi connectivity index (χ1n) is 9.43. The second-order valence-electron chi connectivity index (χ2n) is 6.69. The average Bonchev–Trinajstić information content (AvgIpc) is 2.69. The number of carbonyl (C=O) groups is 1. The summed E-state index contributed by atoms with van der Waals surface area (Å²) < 4.78 is 49.1. The minimum absolute atomic E-state index is 0.0453. The highest BCUT2D eigenvalue weighted by molar-refractivity contribution is 7.99. The number of hydrogen-bond donors (Lipinski definition) is 0. The van der Waals surface area contributed by atoms with Crippen LogP contribution < -0.4 is 9.47 Å². The fourth-order valence-electron chi connectivity index (χ4n) is 2.57. The van der Waals surface area contributed by atoms with Gasteiger partial charge in [-0.3, -0.25) is 0 Å². The third kappa shape index (κ3) is 7.65. The van der Waals surface area contributed by atoms with Gasteiger partial charge in [0.2, 0.25) is 0 Å². The molecule has 0 saturated heterocycles. The van der Waals surface area contributed by atoms with Gasteiger partial charge in [-0.05, 0) is 61.4 Å². The molecule has 1 atom stereocenters. The molecule has 3 nitrogen and oxygen atoms in total. The maximum absolute atomic E-state index is 12.6. The van der Waals surface area contributed by atoms with Crippen LogP contribution in [0.25, 0.3) is 0 Å². The molecule has 2 aromatic rings. The van der Waals surface area contributed by atoms with Gasteiger partial charge in [-0.15, -0.1) is 11.8 Å². The van der Waals surface area contributed by atoms with Crippen LogP contribution in [0.4, 0.5) is 13.2 Å². The predicted octanol–water partition coefficient (Wildman–Crippen LogP) is 6.18.